The van der Waals surface area contributed by atoms with E-state index in [1.54, 1.807) is 19.1 Å². The predicted octanol–water partition coefficient (Wildman–Crippen LogP) is 1.79. The molecule has 0 heterocycles. The summed E-state index contributed by atoms with van der Waals surface area (Å²) in [6, 6.07) is 5.01. The lowest BCUT2D eigenvalue weighted by Gasteiger charge is -2.25. The molecule has 1 atom stereocenters. The number of benzene rings is 1. The summed E-state index contributed by atoms with van der Waals surface area (Å²) >= 11 is 0. The fraction of sp³-hybridized carbons (Fsp3) is 0.538. The first-order chi connectivity index (χ1) is 8.03. The Bertz CT molecular complexity index is 402. The number of halogens is 1. The first kappa shape index (κ1) is 12.3. The van der Waals surface area contributed by atoms with Crippen molar-refractivity contribution in [3.8, 4) is 5.75 Å². The maximum atomic E-state index is 13.8. The number of nitrogens with one attached hydrogen (secondary N) is 1. The molecule has 0 aromatic heterocycles. The fourth-order valence-corrected chi connectivity index (χ4v) is 1.79. The van der Waals surface area contributed by atoms with E-state index in [9.17, 15) is 9.50 Å². The molecule has 1 unspecified atom stereocenters. The molecule has 0 amide bonds. The van der Waals surface area contributed by atoms with Crippen LogP contribution >= 0.6 is 0 Å². The van der Waals surface area contributed by atoms with Gasteiger partial charge in [0.05, 0.1) is 7.11 Å². The van der Waals surface area contributed by atoms with E-state index in [0.717, 1.165) is 12.8 Å². The number of aliphatic hydroxyl groups is 1. The molecule has 0 spiro atoms. The monoisotopic (exact) mass is 239 g/mol. The van der Waals surface area contributed by atoms with Crippen molar-refractivity contribution in [2.24, 2.45) is 0 Å². The van der Waals surface area contributed by atoms with Gasteiger partial charge >= 0.3 is 0 Å². The Morgan fingerprint density at radius 1 is 1.53 bits per heavy atom. The molecule has 3 nitrogen and oxygen atoms in total. The lowest BCUT2D eigenvalue weighted by molar-refractivity contribution is 0.0528. The quantitative estimate of drug-likeness (QED) is 0.823. The summed E-state index contributed by atoms with van der Waals surface area (Å²) in [6.45, 7) is 1.98. The third-order valence-electron chi connectivity index (χ3n) is 3.07. The van der Waals surface area contributed by atoms with Gasteiger partial charge in [0.2, 0.25) is 0 Å². The third kappa shape index (κ3) is 2.96. The Kier molecular flexibility index (Phi) is 3.35. The normalized spacial score (nSPS) is 18.8. The van der Waals surface area contributed by atoms with E-state index in [0.29, 0.717) is 23.9 Å². The molecular weight excluding hydrogens is 221 g/mol. The Hall–Kier alpha value is -1.13. The predicted molar refractivity (Wildman–Crippen MR) is 63.5 cm³/mol. The van der Waals surface area contributed by atoms with Gasteiger partial charge in [-0.15, -0.1) is 0 Å². The van der Waals surface area contributed by atoms with Gasteiger partial charge < -0.3 is 15.2 Å². The fourth-order valence-electron chi connectivity index (χ4n) is 1.79. The standard InChI is InChI=1S/C13H18FNO2/c1-13(16,8-15-9-3-4-9)11-6-5-10(17-2)7-12(11)14/h5-7,9,15-16H,3-4,8H2,1-2H3. The molecule has 4 heteroatoms. The van der Waals surface area contributed by atoms with Gasteiger partial charge in [-0.3, -0.25) is 0 Å². The molecule has 1 aliphatic carbocycles. The second-order valence-electron chi connectivity index (χ2n) is 4.77. The van der Waals surface area contributed by atoms with Crippen molar-refractivity contribution >= 4 is 0 Å². The average molecular weight is 239 g/mol. The van der Waals surface area contributed by atoms with Crippen LogP contribution in [0.25, 0.3) is 0 Å². The van der Waals surface area contributed by atoms with Crippen LogP contribution in [0.4, 0.5) is 4.39 Å². The van der Waals surface area contributed by atoms with Crippen LogP contribution in [-0.2, 0) is 5.60 Å². The zero-order valence-electron chi connectivity index (χ0n) is 10.2. The van der Waals surface area contributed by atoms with Crippen molar-refractivity contribution in [2.75, 3.05) is 13.7 Å². The molecule has 2 N–H and O–H groups in total. The van der Waals surface area contributed by atoms with E-state index in [1.165, 1.54) is 13.2 Å². The largest absolute Gasteiger partial charge is 0.497 e. The Morgan fingerprint density at radius 2 is 2.24 bits per heavy atom. The van der Waals surface area contributed by atoms with Crippen molar-refractivity contribution in [3.05, 3.63) is 29.6 Å². The number of hydrogen-bond acceptors (Lipinski definition) is 3. The first-order valence-corrected chi connectivity index (χ1v) is 5.83. The molecule has 1 aliphatic rings. The summed E-state index contributed by atoms with van der Waals surface area (Å²) < 4.78 is 18.7. The lowest BCUT2D eigenvalue weighted by Crippen LogP contribution is -2.37. The van der Waals surface area contributed by atoms with Gasteiger partial charge in [0.1, 0.15) is 17.2 Å². The third-order valence-corrected chi connectivity index (χ3v) is 3.07. The highest BCUT2D eigenvalue weighted by Crippen LogP contribution is 2.27. The second kappa shape index (κ2) is 4.63. The van der Waals surface area contributed by atoms with E-state index in [2.05, 4.69) is 5.32 Å². The number of ether oxygens (including phenoxy) is 1. The summed E-state index contributed by atoms with van der Waals surface area (Å²) in [7, 11) is 1.49. The minimum absolute atomic E-state index is 0.298. The SMILES string of the molecule is COc1ccc(C(C)(O)CNC2CC2)c(F)c1. The Labute approximate surface area is 101 Å². The number of hydrogen-bond donors (Lipinski definition) is 2. The van der Waals surface area contributed by atoms with Crippen molar-refractivity contribution in [3.63, 3.8) is 0 Å². The molecule has 94 valence electrons. The maximum absolute atomic E-state index is 13.8. The van der Waals surface area contributed by atoms with Crippen LogP contribution in [-0.4, -0.2) is 24.8 Å². The van der Waals surface area contributed by atoms with E-state index in [4.69, 9.17) is 4.74 Å². The van der Waals surface area contributed by atoms with E-state index < -0.39 is 11.4 Å². The van der Waals surface area contributed by atoms with Crippen LogP contribution in [0.1, 0.15) is 25.3 Å². The van der Waals surface area contributed by atoms with Crippen molar-refractivity contribution in [1.82, 2.24) is 5.32 Å². The van der Waals surface area contributed by atoms with E-state index in [-0.39, 0.29) is 0 Å². The zero-order valence-corrected chi connectivity index (χ0v) is 10.2. The molecular formula is C13H18FNO2. The van der Waals surface area contributed by atoms with Crippen LogP contribution in [0.3, 0.4) is 0 Å². The molecule has 2 rings (SSSR count). The van der Waals surface area contributed by atoms with Gasteiger partial charge in [0.25, 0.3) is 0 Å². The summed E-state index contributed by atoms with van der Waals surface area (Å²) in [5.41, 5.74) is -0.898. The highest BCUT2D eigenvalue weighted by atomic mass is 19.1. The Morgan fingerprint density at radius 3 is 2.76 bits per heavy atom. The van der Waals surface area contributed by atoms with Crippen LogP contribution in [0.5, 0.6) is 5.75 Å². The van der Waals surface area contributed by atoms with E-state index >= 15 is 0 Å². The molecule has 1 fully saturated rings. The van der Waals surface area contributed by atoms with Crippen molar-refractivity contribution < 1.29 is 14.2 Å². The molecule has 1 saturated carbocycles. The summed E-state index contributed by atoms with van der Waals surface area (Å²) in [5.74, 6) is 0.0177. The van der Waals surface area contributed by atoms with Crippen LogP contribution in [0.2, 0.25) is 0 Å². The molecule has 0 radical (unpaired) electrons. The number of rotatable bonds is 5. The molecule has 0 aliphatic heterocycles. The molecule has 0 bridgehead atoms. The summed E-state index contributed by atoms with van der Waals surface area (Å²) in [6.07, 6.45) is 2.28. The molecule has 0 saturated heterocycles. The summed E-state index contributed by atoms with van der Waals surface area (Å²) in [5, 5.41) is 13.5. The lowest BCUT2D eigenvalue weighted by atomic mass is 9.95. The minimum atomic E-state index is -1.20. The molecule has 17 heavy (non-hydrogen) atoms. The first-order valence-electron chi connectivity index (χ1n) is 5.83. The van der Waals surface area contributed by atoms with Crippen LogP contribution < -0.4 is 10.1 Å². The summed E-state index contributed by atoms with van der Waals surface area (Å²) in [4.78, 5) is 0. The average Bonchev–Trinajstić information content (AvgIpc) is 3.09. The van der Waals surface area contributed by atoms with Gasteiger partial charge in [0.15, 0.2) is 0 Å². The smallest absolute Gasteiger partial charge is 0.133 e. The number of methoxy groups -OCH3 is 1. The highest BCUT2D eigenvalue weighted by Gasteiger charge is 2.30. The molecule has 1 aromatic carbocycles. The minimum Gasteiger partial charge on any atom is -0.497 e. The van der Waals surface area contributed by atoms with E-state index in [1.807, 2.05) is 0 Å². The van der Waals surface area contributed by atoms with Crippen LogP contribution in [0.15, 0.2) is 18.2 Å². The van der Waals surface area contributed by atoms with Gasteiger partial charge in [-0.2, -0.15) is 0 Å². The van der Waals surface area contributed by atoms with Crippen molar-refractivity contribution in [1.29, 1.82) is 0 Å². The zero-order chi connectivity index (χ0) is 12.5. The van der Waals surface area contributed by atoms with Gasteiger partial charge in [-0.25, -0.2) is 4.39 Å². The van der Waals surface area contributed by atoms with Crippen molar-refractivity contribution in [2.45, 2.75) is 31.4 Å². The highest BCUT2D eigenvalue weighted by molar-refractivity contribution is 5.32. The van der Waals surface area contributed by atoms with Gasteiger partial charge in [-0.1, -0.05) is 0 Å². The van der Waals surface area contributed by atoms with Crippen LogP contribution in [0, 0.1) is 5.82 Å². The maximum Gasteiger partial charge on any atom is 0.133 e. The van der Waals surface area contributed by atoms with Gasteiger partial charge in [0, 0.05) is 24.2 Å². The topological polar surface area (TPSA) is 41.5 Å². The Balaban J connectivity index is 2.12. The second-order valence-corrected chi connectivity index (χ2v) is 4.77. The molecule has 1 aromatic rings. The van der Waals surface area contributed by atoms with Gasteiger partial charge in [-0.05, 0) is 31.9 Å².